The summed E-state index contributed by atoms with van der Waals surface area (Å²) in [5, 5.41) is 4.19. The number of anilines is 2. The Hall–Kier alpha value is -3.12. The molecule has 2 aromatic carbocycles. The molecule has 1 N–H and O–H groups in total. The minimum Gasteiger partial charge on any atom is -0.481 e. The second-order valence-electron chi connectivity index (χ2n) is 6.55. The van der Waals surface area contributed by atoms with Crippen molar-refractivity contribution in [1.29, 1.82) is 0 Å². The Morgan fingerprint density at radius 3 is 2.93 bits per heavy atom. The number of aromatic nitrogens is 1. The normalized spacial score (nSPS) is 12.7. The SMILES string of the molecule is CC(=O)N1CCc2cc(NC(=O)COc3ccc(Cl)c4cccnc34)ccc21. The van der Waals surface area contributed by atoms with Gasteiger partial charge >= 0.3 is 0 Å². The Morgan fingerprint density at radius 2 is 2.11 bits per heavy atom. The molecule has 2 amide bonds. The van der Waals surface area contributed by atoms with Gasteiger partial charge in [0.25, 0.3) is 5.91 Å². The second kappa shape index (κ2) is 7.48. The zero-order chi connectivity index (χ0) is 19.7. The zero-order valence-electron chi connectivity index (χ0n) is 15.2. The van der Waals surface area contributed by atoms with Gasteiger partial charge < -0.3 is 15.0 Å². The minimum atomic E-state index is -0.277. The van der Waals surface area contributed by atoms with E-state index < -0.39 is 0 Å². The summed E-state index contributed by atoms with van der Waals surface area (Å²) in [6.45, 7) is 2.07. The van der Waals surface area contributed by atoms with Crippen LogP contribution in [-0.4, -0.2) is 29.9 Å². The van der Waals surface area contributed by atoms with Crippen molar-refractivity contribution in [1.82, 2.24) is 4.98 Å². The van der Waals surface area contributed by atoms with Crippen molar-refractivity contribution in [3.05, 3.63) is 59.2 Å². The molecule has 0 bridgehead atoms. The Balaban J connectivity index is 1.44. The van der Waals surface area contributed by atoms with Gasteiger partial charge in [-0.1, -0.05) is 11.6 Å². The molecule has 2 heterocycles. The molecule has 4 rings (SSSR count). The van der Waals surface area contributed by atoms with Crippen molar-refractivity contribution in [2.75, 3.05) is 23.4 Å². The third-order valence-electron chi connectivity index (χ3n) is 4.68. The molecule has 0 saturated heterocycles. The number of nitrogens with zero attached hydrogens (tertiary/aromatic N) is 2. The quantitative estimate of drug-likeness (QED) is 0.729. The van der Waals surface area contributed by atoms with Crippen LogP contribution < -0.4 is 15.0 Å². The van der Waals surface area contributed by atoms with Crippen LogP contribution in [0.1, 0.15) is 12.5 Å². The van der Waals surface area contributed by atoms with Gasteiger partial charge in [-0.15, -0.1) is 0 Å². The number of fused-ring (bicyclic) bond motifs is 2. The maximum atomic E-state index is 12.3. The number of amides is 2. The van der Waals surface area contributed by atoms with Gasteiger partial charge in [0, 0.05) is 36.4 Å². The van der Waals surface area contributed by atoms with Crippen LogP contribution in [0.2, 0.25) is 5.02 Å². The third kappa shape index (κ3) is 3.51. The summed E-state index contributed by atoms with van der Waals surface area (Å²) >= 11 is 6.18. The summed E-state index contributed by atoms with van der Waals surface area (Å²) in [6.07, 6.45) is 2.43. The molecule has 28 heavy (non-hydrogen) atoms. The van der Waals surface area contributed by atoms with Gasteiger partial charge in [0.1, 0.15) is 11.3 Å². The van der Waals surface area contributed by atoms with E-state index in [-0.39, 0.29) is 18.4 Å². The molecular formula is C21H18ClN3O3. The van der Waals surface area contributed by atoms with E-state index in [4.69, 9.17) is 16.3 Å². The molecule has 0 spiro atoms. The summed E-state index contributed by atoms with van der Waals surface area (Å²) in [4.78, 5) is 30.0. The second-order valence-corrected chi connectivity index (χ2v) is 6.95. The van der Waals surface area contributed by atoms with E-state index in [0.717, 1.165) is 23.1 Å². The van der Waals surface area contributed by atoms with E-state index in [9.17, 15) is 9.59 Å². The predicted molar refractivity (Wildman–Crippen MR) is 109 cm³/mol. The summed E-state index contributed by atoms with van der Waals surface area (Å²) in [5.74, 6) is 0.245. The number of benzene rings is 2. The van der Waals surface area contributed by atoms with Crippen LogP contribution in [-0.2, 0) is 16.0 Å². The Kier molecular flexibility index (Phi) is 4.88. The highest BCUT2D eigenvalue weighted by Gasteiger charge is 2.22. The molecule has 1 aliphatic rings. The summed E-state index contributed by atoms with van der Waals surface area (Å²) in [6, 6.07) is 12.6. The minimum absolute atomic E-state index is 0.0211. The lowest BCUT2D eigenvalue weighted by molar-refractivity contribution is -0.118. The van der Waals surface area contributed by atoms with Gasteiger partial charge in [-0.2, -0.15) is 0 Å². The van der Waals surface area contributed by atoms with Crippen molar-refractivity contribution in [3.63, 3.8) is 0 Å². The highest BCUT2D eigenvalue weighted by molar-refractivity contribution is 6.35. The number of carbonyl (C=O) groups is 2. The lowest BCUT2D eigenvalue weighted by Gasteiger charge is -2.15. The van der Waals surface area contributed by atoms with Crippen LogP contribution in [0, 0.1) is 0 Å². The van der Waals surface area contributed by atoms with Crippen LogP contribution in [0.3, 0.4) is 0 Å². The molecule has 1 aromatic heterocycles. The van der Waals surface area contributed by atoms with Crippen LogP contribution in [0.15, 0.2) is 48.7 Å². The summed E-state index contributed by atoms with van der Waals surface area (Å²) in [7, 11) is 0. The van der Waals surface area contributed by atoms with E-state index in [0.29, 0.717) is 28.5 Å². The standard InChI is InChI=1S/C21H18ClN3O3/c1-13(26)25-10-8-14-11-15(4-6-18(14)25)24-20(27)12-28-19-7-5-17(22)16-3-2-9-23-21(16)19/h2-7,9,11H,8,10,12H2,1H3,(H,24,27). The molecule has 3 aromatic rings. The van der Waals surface area contributed by atoms with Crippen LogP contribution in [0.5, 0.6) is 5.75 Å². The molecule has 0 unspecified atom stereocenters. The first kappa shape index (κ1) is 18.3. The molecule has 7 heteroatoms. The van der Waals surface area contributed by atoms with E-state index in [2.05, 4.69) is 10.3 Å². The molecule has 0 saturated carbocycles. The maximum Gasteiger partial charge on any atom is 0.262 e. The van der Waals surface area contributed by atoms with E-state index in [1.807, 2.05) is 18.2 Å². The van der Waals surface area contributed by atoms with Crippen molar-refractivity contribution in [3.8, 4) is 5.75 Å². The van der Waals surface area contributed by atoms with Crippen LogP contribution in [0.4, 0.5) is 11.4 Å². The number of ether oxygens (including phenoxy) is 1. The number of rotatable bonds is 4. The number of hydrogen-bond donors (Lipinski definition) is 1. The number of halogens is 1. The lowest BCUT2D eigenvalue weighted by atomic mass is 10.1. The topological polar surface area (TPSA) is 71.5 Å². The average molecular weight is 396 g/mol. The highest BCUT2D eigenvalue weighted by atomic mass is 35.5. The smallest absolute Gasteiger partial charge is 0.262 e. The first-order valence-corrected chi connectivity index (χ1v) is 9.27. The molecule has 142 valence electrons. The monoisotopic (exact) mass is 395 g/mol. The first-order valence-electron chi connectivity index (χ1n) is 8.90. The van der Waals surface area contributed by atoms with Gasteiger partial charge in [0.15, 0.2) is 6.61 Å². The van der Waals surface area contributed by atoms with E-state index in [1.165, 1.54) is 0 Å². The largest absolute Gasteiger partial charge is 0.481 e. The Labute approximate surface area is 167 Å². The number of nitrogens with one attached hydrogen (secondary N) is 1. The number of pyridine rings is 1. The van der Waals surface area contributed by atoms with Gasteiger partial charge in [0.05, 0.1) is 5.02 Å². The molecule has 6 nitrogen and oxygen atoms in total. The highest BCUT2D eigenvalue weighted by Crippen LogP contribution is 2.31. The molecule has 0 aliphatic carbocycles. The van der Waals surface area contributed by atoms with Gasteiger partial charge in [-0.25, -0.2) is 0 Å². The van der Waals surface area contributed by atoms with Crippen molar-refractivity contribution in [2.45, 2.75) is 13.3 Å². The van der Waals surface area contributed by atoms with E-state index >= 15 is 0 Å². The van der Waals surface area contributed by atoms with Crippen LogP contribution >= 0.6 is 11.6 Å². The lowest BCUT2D eigenvalue weighted by Crippen LogP contribution is -2.25. The third-order valence-corrected chi connectivity index (χ3v) is 5.01. The summed E-state index contributed by atoms with van der Waals surface area (Å²) in [5.41, 5.74) is 3.24. The zero-order valence-corrected chi connectivity index (χ0v) is 16.0. The molecule has 1 aliphatic heterocycles. The first-order chi connectivity index (χ1) is 13.5. The molecular weight excluding hydrogens is 378 g/mol. The van der Waals surface area contributed by atoms with Crippen molar-refractivity contribution < 1.29 is 14.3 Å². The molecule has 0 fully saturated rings. The maximum absolute atomic E-state index is 12.3. The van der Waals surface area contributed by atoms with E-state index in [1.54, 1.807) is 42.3 Å². The fraction of sp³-hybridized carbons (Fsp3) is 0.190. The van der Waals surface area contributed by atoms with Gasteiger partial charge in [-0.05, 0) is 54.4 Å². The fourth-order valence-corrected chi connectivity index (χ4v) is 3.59. The molecule has 0 radical (unpaired) electrons. The molecule has 0 atom stereocenters. The van der Waals surface area contributed by atoms with Crippen molar-refractivity contribution >= 4 is 45.7 Å². The van der Waals surface area contributed by atoms with Crippen LogP contribution in [0.25, 0.3) is 10.9 Å². The number of carbonyl (C=O) groups excluding carboxylic acids is 2. The van der Waals surface area contributed by atoms with Gasteiger partial charge in [0.2, 0.25) is 5.91 Å². The van der Waals surface area contributed by atoms with Crippen molar-refractivity contribution in [2.24, 2.45) is 0 Å². The summed E-state index contributed by atoms with van der Waals surface area (Å²) < 4.78 is 5.66. The predicted octanol–water partition coefficient (Wildman–Crippen LogP) is 3.81. The Bertz CT molecular complexity index is 1080. The Morgan fingerprint density at radius 1 is 1.25 bits per heavy atom. The van der Waals surface area contributed by atoms with Gasteiger partial charge in [-0.3, -0.25) is 14.6 Å². The average Bonchev–Trinajstić information content (AvgIpc) is 3.11. The fourth-order valence-electron chi connectivity index (χ4n) is 3.38. The number of hydrogen-bond acceptors (Lipinski definition) is 4.